The average molecular weight is 238 g/mol. The van der Waals surface area contributed by atoms with Crippen LogP contribution in [0.15, 0.2) is 0 Å². The molecular weight excluding hydrogens is 224 g/mol. The quantitative estimate of drug-likeness (QED) is 0.866. The first-order chi connectivity index (χ1) is 7.66. The van der Waals surface area contributed by atoms with Crippen LogP contribution in [0.3, 0.4) is 0 Å². The van der Waals surface area contributed by atoms with Gasteiger partial charge in [-0.05, 0) is 19.1 Å². The highest BCUT2D eigenvalue weighted by Crippen LogP contribution is 2.25. The Hall–Kier alpha value is -1.10. The maximum atomic E-state index is 10.5. The van der Waals surface area contributed by atoms with E-state index in [0.29, 0.717) is 12.2 Å². The second-order valence-electron chi connectivity index (χ2n) is 3.85. The van der Waals surface area contributed by atoms with E-state index in [9.17, 15) is 4.79 Å². The van der Waals surface area contributed by atoms with Gasteiger partial charge in [0.15, 0.2) is 0 Å². The minimum atomic E-state index is -0.797. The number of aliphatic carboxylic acids is 1. The first-order valence-electron chi connectivity index (χ1n) is 5.31. The van der Waals surface area contributed by atoms with Gasteiger partial charge in [0.2, 0.25) is 0 Å². The summed E-state index contributed by atoms with van der Waals surface area (Å²) >= 11 is 1.90. The van der Waals surface area contributed by atoms with E-state index >= 15 is 0 Å². The molecule has 1 N–H and O–H groups in total. The third-order valence-corrected chi connectivity index (χ3v) is 3.62. The second-order valence-corrected chi connectivity index (χ2v) is 4.95. The minimum absolute atomic E-state index is 0.104. The number of aryl methyl sites for hydroxylation is 3. The third-order valence-electron chi connectivity index (χ3n) is 2.64. The zero-order valence-corrected chi connectivity index (χ0v) is 10.0. The van der Waals surface area contributed by atoms with Crippen LogP contribution in [0.1, 0.15) is 29.2 Å². The second kappa shape index (κ2) is 4.82. The van der Waals surface area contributed by atoms with Crippen LogP contribution in [0, 0.1) is 6.92 Å². The predicted molar refractivity (Wildman–Crippen MR) is 62.6 cm³/mol. The van der Waals surface area contributed by atoms with Crippen LogP contribution < -0.4 is 0 Å². The van der Waals surface area contributed by atoms with Crippen molar-refractivity contribution in [3.8, 4) is 0 Å². The summed E-state index contributed by atoms with van der Waals surface area (Å²) < 4.78 is 0. The van der Waals surface area contributed by atoms with Gasteiger partial charge in [-0.2, -0.15) is 11.8 Å². The van der Waals surface area contributed by atoms with Crippen molar-refractivity contribution in [3.63, 3.8) is 0 Å². The molecule has 4 nitrogen and oxygen atoms in total. The zero-order valence-electron chi connectivity index (χ0n) is 9.19. The SMILES string of the molecule is Cc1nc(CCC(=O)O)nc2c1CSCC2. The predicted octanol–water partition coefficient (Wildman–Crippen LogP) is 1.59. The molecule has 0 spiro atoms. The molecule has 16 heavy (non-hydrogen) atoms. The fraction of sp³-hybridized carbons (Fsp3) is 0.545. The van der Waals surface area contributed by atoms with Crippen molar-refractivity contribution in [2.24, 2.45) is 0 Å². The van der Waals surface area contributed by atoms with Crippen LogP contribution in [0.5, 0.6) is 0 Å². The first kappa shape index (κ1) is 11.4. The van der Waals surface area contributed by atoms with Crippen LogP contribution in [0.25, 0.3) is 0 Å². The van der Waals surface area contributed by atoms with E-state index in [1.54, 1.807) is 0 Å². The Morgan fingerprint density at radius 2 is 2.31 bits per heavy atom. The van der Waals surface area contributed by atoms with Crippen LogP contribution in [0.2, 0.25) is 0 Å². The molecule has 0 aliphatic carbocycles. The standard InChI is InChI=1S/C11H14N2O2S/c1-7-8-6-16-5-4-9(8)13-10(12-7)2-3-11(14)15/h2-6H2,1H3,(H,14,15). The molecule has 2 rings (SSSR count). The summed E-state index contributed by atoms with van der Waals surface area (Å²) in [6.07, 6.45) is 1.51. The summed E-state index contributed by atoms with van der Waals surface area (Å²) in [5.74, 6) is 1.96. The van der Waals surface area contributed by atoms with Crippen molar-refractivity contribution >= 4 is 17.7 Å². The van der Waals surface area contributed by atoms with Crippen molar-refractivity contribution < 1.29 is 9.90 Å². The van der Waals surface area contributed by atoms with Gasteiger partial charge in [0.1, 0.15) is 5.82 Å². The molecule has 1 aliphatic heterocycles. The lowest BCUT2D eigenvalue weighted by Gasteiger charge is -2.17. The van der Waals surface area contributed by atoms with Gasteiger partial charge in [0.05, 0.1) is 6.42 Å². The van der Waals surface area contributed by atoms with Crippen molar-refractivity contribution in [1.82, 2.24) is 9.97 Å². The Morgan fingerprint density at radius 1 is 1.50 bits per heavy atom. The Balaban J connectivity index is 2.21. The van der Waals surface area contributed by atoms with Gasteiger partial charge in [0, 0.05) is 29.1 Å². The van der Waals surface area contributed by atoms with Gasteiger partial charge < -0.3 is 5.11 Å². The van der Waals surface area contributed by atoms with E-state index in [4.69, 9.17) is 5.11 Å². The summed E-state index contributed by atoms with van der Waals surface area (Å²) in [6.45, 7) is 1.98. The largest absolute Gasteiger partial charge is 0.481 e. The van der Waals surface area contributed by atoms with Crippen molar-refractivity contribution in [1.29, 1.82) is 0 Å². The number of nitrogens with zero attached hydrogens (tertiary/aromatic N) is 2. The van der Waals surface area contributed by atoms with Crippen LogP contribution in [-0.4, -0.2) is 26.8 Å². The number of carboxylic acids is 1. The van der Waals surface area contributed by atoms with Gasteiger partial charge in [-0.1, -0.05) is 0 Å². The number of fused-ring (bicyclic) bond motifs is 1. The van der Waals surface area contributed by atoms with Crippen molar-refractivity contribution in [3.05, 3.63) is 22.8 Å². The van der Waals surface area contributed by atoms with Crippen molar-refractivity contribution in [2.45, 2.75) is 31.9 Å². The summed E-state index contributed by atoms with van der Waals surface area (Å²) in [6, 6.07) is 0. The molecule has 0 aromatic carbocycles. The van der Waals surface area contributed by atoms with Gasteiger partial charge in [0.25, 0.3) is 0 Å². The van der Waals surface area contributed by atoms with E-state index in [-0.39, 0.29) is 6.42 Å². The maximum absolute atomic E-state index is 10.5. The molecule has 1 aromatic heterocycles. The Morgan fingerprint density at radius 3 is 3.06 bits per heavy atom. The van der Waals surface area contributed by atoms with Crippen LogP contribution in [-0.2, 0) is 23.4 Å². The van der Waals surface area contributed by atoms with E-state index in [1.807, 2.05) is 18.7 Å². The molecular formula is C11H14N2O2S. The normalized spacial score (nSPS) is 14.6. The molecule has 0 bridgehead atoms. The highest BCUT2D eigenvalue weighted by atomic mass is 32.2. The first-order valence-corrected chi connectivity index (χ1v) is 6.47. The van der Waals surface area contributed by atoms with E-state index in [1.165, 1.54) is 5.56 Å². The number of thioether (sulfide) groups is 1. The molecule has 86 valence electrons. The molecule has 0 saturated heterocycles. The lowest BCUT2D eigenvalue weighted by molar-refractivity contribution is -0.137. The number of hydrogen-bond donors (Lipinski definition) is 1. The summed E-state index contributed by atoms with van der Waals surface area (Å²) in [7, 11) is 0. The number of aromatic nitrogens is 2. The van der Waals surface area contributed by atoms with Crippen molar-refractivity contribution in [2.75, 3.05) is 5.75 Å². The Bertz CT molecular complexity index is 421. The van der Waals surface area contributed by atoms with E-state index in [2.05, 4.69) is 9.97 Å². The topological polar surface area (TPSA) is 63.1 Å². The monoisotopic (exact) mass is 238 g/mol. The highest BCUT2D eigenvalue weighted by Gasteiger charge is 2.15. The molecule has 0 atom stereocenters. The van der Waals surface area contributed by atoms with Crippen LogP contribution in [0.4, 0.5) is 0 Å². The summed E-state index contributed by atoms with van der Waals surface area (Å²) in [5.41, 5.74) is 3.37. The molecule has 0 radical (unpaired) electrons. The highest BCUT2D eigenvalue weighted by molar-refractivity contribution is 7.98. The van der Waals surface area contributed by atoms with E-state index in [0.717, 1.165) is 29.3 Å². The molecule has 0 saturated carbocycles. The fourth-order valence-corrected chi connectivity index (χ4v) is 2.85. The molecule has 1 aliphatic rings. The van der Waals surface area contributed by atoms with Gasteiger partial charge in [-0.25, -0.2) is 9.97 Å². The van der Waals surface area contributed by atoms with E-state index < -0.39 is 5.97 Å². The Labute approximate surface area is 98.5 Å². The van der Waals surface area contributed by atoms with Gasteiger partial charge >= 0.3 is 5.97 Å². The smallest absolute Gasteiger partial charge is 0.303 e. The fourth-order valence-electron chi connectivity index (χ4n) is 1.79. The Kier molecular flexibility index (Phi) is 3.43. The minimum Gasteiger partial charge on any atom is -0.481 e. The molecule has 0 amide bonds. The zero-order chi connectivity index (χ0) is 11.5. The van der Waals surface area contributed by atoms with Gasteiger partial charge in [-0.3, -0.25) is 4.79 Å². The molecule has 0 fully saturated rings. The third kappa shape index (κ3) is 2.52. The lowest BCUT2D eigenvalue weighted by atomic mass is 10.1. The average Bonchev–Trinajstić information content (AvgIpc) is 2.26. The number of carbonyl (C=O) groups is 1. The number of hydrogen-bond acceptors (Lipinski definition) is 4. The molecule has 5 heteroatoms. The maximum Gasteiger partial charge on any atom is 0.303 e. The molecule has 1 aromatic rings. The number of rotatable bonds is 3. The molecule has 2 heterocycles. The molecule has 0 unspecified atom stereocenters. The lowest BCUT2D eigenvalue weighted by Crippen LogP contribution is -2.12. The summed E-state index contributed by atoms with van der Waals surface area (Å²) in [5, 5.41) is 8.62. The number of carboxylic acid groups (broad SMARTS) is 1. The van der Waals surface area contributed by atoms with Crippen LogP contribution >= 0.6 is 11.8 Å². The summed E-state index contributed by atoms with van der Waals surface area (Å²) in [4.78, 5) is 19.3. The van der Waals surface area contributed by atoms with Gasteiger partial charge in [-0.15, -0.1) is 0 Å².